The molecule has 1 aromatic heterocycles. The van der Waals surface area contributed by atoms with Crippen LogP contribution < -0.4 is 14.5 Å². The summed E-state index contributed by atoms with van der Waals surface area (Å²) in [6.45, 7) is 5.77. The molecule has 0 aliphatic carbocycles. The van der Waals surface area contributed by atoms with E-state index in [1.165, 1.54) is 22.5 Å². The molecule has 33 heavy (non-hydrogen) atoms. The second kappa shape index (κ2) is 9.87. The highest BCUT2D eigenvalue weighted by Gasteiger charge is 2.25. The van der Waals surface area contributed by atoms with Crippen LogP contribution in [0.3, 0.4) is 0 Å². The van der Waals surface area contributed by atoms with Crippen molar-refractivity contribution in [2.45, 2.75) is 17.7 Å². The van der Waals surface area contributed by atoms with Crippen LogP contribution in [0.4, 0.5) is 17.2 Å². The zero-order valence-corrected chi connectivity index (χ0v) is 19.0. The van der Waals surface area contributed by atoms with Gasteiger partial charge in [-0.05, 0) is 55.3 Å². The maximum absolute atomic E-state index is 13.4. The van der Waals surface area contributed by atoms with E-state index < -0.39 is 15.9 Å². The standard InChI is InChI=1S/C25H26N4O3S/c1-2-15-29(22-10-4-3-5-11-22)33(31,32)23-12-8-9-20(18-23)25(30)27-21-13-14-24(26-19-21)28-16-6-7-17-28/h2-5,8-14,18-19H,1,6-7,15-17H2,(H,27,30). The normalized spacial score (nSPS) is 13.5. The Morgan fingerprint density at radius 3 is 2.48 bits per heavy atom. The van der Waals surface area contributed by atoms with Crippen LogP contribution in [0.25, 0.3) is 0 Å². The van der Waals surface area contributed by atoms with E-state index in [1.54, 1.807) is 48.7 Å². The molecule has 170 valence electrons. The number of hydrogen-bond donors (Lipinski definition) is 1. The minimum atomic E-state index is -3.90. The molecule has 3 aromatic rings. The van der Waals surface area contributed by atoms with E-state index in [2.05, 4.69) is 21.8 Å². The van der Waals surface area contributed by atoms with Gasteiger partial charge >= 0.3 is 0 Å². The third-order valence-electron chi connectivity index (χ3n) is 5.46. The number of pyridine rings is 1. The van der Waals surface area contributed by atoms with Crippen molar-refractivity contribution in [3.63, 3.8) is 0 Å². The van der Waals surface area contributed by atoms with Gasteiger partial charge in [0.05, 0.1) is 29.0 Å². The Kier molecular flexibility index (Phi) is 6.74. The Bertz CT molecular complexity index is 1220. The van der Waals surface area contributed by atoms with Crippen molar-refractivity contribution in [2.75, 3.05) is 34.2 Å². The van der Waals surface area contributed by atoms with E-state index in [0.29, 0.717) is 11.4 Å². The van der Waals surface area contributed by atoms with E-state index in [0.717, 1.165) is 31.7 Å². The Morgan fingerprint density at radius 2 is 1.82 bits per heavy atom. The Labute approximate surface area is 194 Å². The first-order valence-electron chi connectivity index (χ1n) is 10.8. The van der Waals surface area contributed by atoms with E-state index in [-0.39, 0.29) is 17.0 Å². The lowest BCUT2D eigenvalue weighted by molar-refractivity contribution is 0.102. The van der Waals surface area contributed by atoms with Gasteiger partial charge < -0.3 is 10.2 Å². The Balaban J connectivity index is 1.54. The number of para-hydroxylation sites is 1. The van der Waals surface area contributed by atoms with Crippen molar-refractivity contribution in [1.82, 2.24) is 4.98 Å². The van der Waals surface area contributed by atoms with Crippen LogP contribution >= 0.6 is 0 Å². The predicted molar refractivity (Wildman–Crippen MR) is 131 cm³/mol. The fraction of sp³-hybridized carbons (Fsp3) is 0.200. The van der Waals surface area contributed by atoms with Crippen molar-refractivity contribution in [3.05, 3.63) is 91.1 Å². The summed E-state index contributed by atoms with van der Waals surface area (Å²) >= 11 is 0. The number of anilines is 3. The van der Waals surface area contributed by atoms with E-state index in [9.17, 15) is 13.2 Å². The summed E-state index contributed by atoms with van der Waals surface area (Å²) in [6.07, 6.45) is 5.47. The van der Waals surface area contributed by atoms with Crippen LogP contribution in [0, 0.1) is 0 Å². The molecule has 8 heteroatoms. The first kappa shape index (κ1) is 22.5. The van der Waals surface area contributed by atoms with Crippen molar-refractivity contribution >= 4 is 33.1 Å². The topological polar surface area (TPSA) is 82.6 Å². The second-order valence-electron chi connectivity index (χ2n) is 7.74. The summed E-state index contributed by atoms with van der Waals surface area (Å²) in [7, 11) is -3.90. The molecule has 0 saturated carbocycles. The maximum atomic E-state index is 13.4. The first-order valence-corrected chi connectivity index (χ1v) is 12.2. The quantitative estimate of drug-likeness (QED) is 0.504. The van der Waals surface area contributed by atoms with Gasteiger partial charge in [0.2, 0.25) is 0 Å². The van der Waals surface area contributed by atoms with Crippen molar-refractivity contribution in [2.24, 2.45) is 0 Å². The van der Waals surface area contributed by atoms with Gasteiger partial charge in [-0.2, -0.15) is 0 Å². The average Bonchev–Trinajstić information content (AvgIpc) is 3.38. The van der Waals surface area contributed by atoms with Gasteiger partial charge in [0, 0.05) is 18.7 Å². The zero-order chi connectivity index (χ0) is 23.3. The third-order valence-corrected chi connectivity index (χ3v) is 7.25. The number of sulfonamides is 1. The SMILES string of the molecule is C=CCN(c1ccccc1)S(=O)(=O)c1cccc(C(=O)Nc2ccc(N3CCCC3)nc2)c1. The number of hydrogen-bond acceptors (Lipinski definition) is 5. The number of nitrogens with one attached hydrogen (secondary N) is 1. The van der Waals surface area contributed by atoms with Crippen LogP contribution in [0.1, 0.15) is 23.2 Å². The molecule has 2 heterocycles. The maximum Gasteiger partial charge on any atom is 0.264 e. The lowest BCUT2D eigenvalue weighted by Crippen LogP contribution is -2.31. The molecule has 1 aliphatic rings. The summed E-state index contributed by atoms with van der Waals surface area (Å²) in [5.41, 5.74) is 1.32. The number of rotatable bonds is 8. The first-order chi connectivity index (χ1) is 16.0. The molecule has 1 saturated heterocycles. The number of nitrogens with zero attached hydrogens (tertiary/aromatic N) is 3. The summed E-state index contributed by atoms with van der Waals surface area (Å²) in [4.78, 5) is 19.5. The smallest absolute Gasteiger partial charge is 0.264 e. The molecule has 0 atom stereocenters. The Morgan fingerprint density at radius 1 is 1.06 bits per heavy atom. The van der Waals surface area contributed by atoms with Crippen molar-refractivity contribution in [3.8, 4) is 0 Å². The third kappa shape index (κ3) is 5.06. The minimum Gasteiger partial charge on any atom is -0.357 e. The van der Waals surface area contributed by atoms with Crippen LogP contribution in [0.2, 0.25) is 0 Å². The molecule has 0 spiro atoms. The monoisotopic (exact) mass is 462 g/mol. The van der Waals surface area contributed by atoms with Crippen molar-refractivity contribution < 1.29 is 13.2 Å². The lowest BCUT2D eigenvalue weighted by Gasteiger charge is -2.23. The molecule has 1 aliphatic heterocycles. The molecule has 1 amide bonds. The van der Waals surface area contributed by atoms with E-state index in [1.807, 2.05) is 12.1 Å². The highest BCUT2D eigenvalue weighted by Crippen LogP contribution is 2.25. The molecule has 0 unspecified atom stereocenters. The summed E-state index contributed by atoms with van der Waals surface area (Å²) in [5, 5.41) is 2.80. The molecule has 7 nitrogen and oxygen atoms in total. The van der Waals surface area contributed by atoms with Crippen LogP contribution in [0.15, 0.2) is 90.5 Å². The molecule has 0 bridgehead atoms. The average molecular weight is 463 g/mol. The molecular weight excluding hydrogens is 436 g/mol. The lowest BCUT2D eigenvalue weighted by atomic mass is 10.2. The van der Waals surface area contributed by atoms with Gasteiger partial charge in [0.1, 0.15) is 5.82 Å². The molecule has 1 N–H and O–H groups in total. The number of benzene rings is 2. The van der Waals surface area contributed by atoms with Crippen LogP contribution in [-0.4, -0.2) is 38.9 Å². The fourth-order valence-corrected chi connectivity index (χ4v) is 5.26. The number of amides is 1. The highest BCUT2D eigenvalue weighted by molar-refractivity contribution is 7.92. The minimum absolute atomic E-state index is 0.0309. The number of aromatic nitrogens is 1. The van der Waals surface area contributed by atoms with Gasteiger partial charge in [-0.25, -0.2) is 13.4 Å². The summed E-state index contributed by atoms with van der Waals surface area (Å²) in [5.74, 6) is 0.486. The summed E-state index contributed by atoms with van der Waals surface area (Å²) < 4.78 is 28.0. The van der Waals surface area contributed by atoms with Crippen molar-refractivity contribution in [1.29, 1.82) is 0 Å². The summed E-state index contributed by atoms with van der Waals surface area (Å²) in [6, 6.07) is 18.5. The van der Waals surface area contributed by atoms with E-state index >= 15 is 0 Å². The van der Waals surface area contributed by atoms with E-state index in [4.69, 9.17) is 0 Å². The fourth-order valence-electron chi connectivity index (χ4n) is 3.78. The van der Waals surface area contributed by atoms with Gasteiger partial charge in [-0.1, -0.05) is 30.3 Å². The second-order valence-corrected chi connectivity index (χ2v) is 9.60. The molecular formula is C25H26N4O3S. The zero-order valence-electron chi connectivity index (χ0n) is 18.2. The molecule has 2 aromatic carbocycles. The number of carbonyl (C=O) groups is 1. The van der Waals surface area contributed by atoms with Gasteiger partial charge in [0.15, 0.2) is 0 Å². The number of carbonyl (C=O) groups excluding carboxylic acids is 1. The van der Waals surface area contributed by atoms with Crippen LogP contribution in [-0.2, 0) is 10.0 Å². The molecule has 4 rings (SSSR count). The predicted octanol–water partition coefficient (Wildman–Crippen LogP) is 4.32. The molecule has 1 fully saturated rings. The van der Waals surface area contributed by atoms with Gasteiger partial charge in [0.25, 0.3) is 15.9 Å². The Hall–Kier alpha value is -3.65. The highest BCUT2D eigenvalue weighted by atomic mass is 32.2. The van der Waals surface area contributed by atoms with Gasteiger partial charge in [-0.15, -0.1) is 6.58 Å². The molecule has 0 radical (unpaired) electrons. The largest absolute Gasteiger partial charge is 0.357 e. The van der Waals surface area contributed by atoms with Gasteiger partial charge in [-0.3, -0.25) is 9.10 Å². The van der Waals surface area contributed by atoms with Crippen LogP contribution in [0.5, 0.6) is 0 Å².